The molecular weight excluding hydrogens is 397 g/mol. The highest BCUT2D eigenvalue weighted by Crippen LogP contribution is 2.54. The van der Waals surface area contributed by atoms with Gasteiger partial charge in [-0.05, 0) is 60.9 Å². The van der Waals surface area contributed by atoms with Crippen molar-refractivity contribution < 1.29 is 18.7 Å². The molecule has 1 aromatic heterocycles. The summed E-state index contributed by atoms with van der Waals surface area (Å²) >= 11 is 5.90. The van der Waals surface area contributed by atoms with E-state index in [1.165, 1.54) is 5.57 Å². The van der Waals surface area contributed by atoms with Crippen molar-refractivity contribution in [2.45, 2.75) is 56.8 Å². The van der Waals surface area contributed by atoms with Crippen LogP contribution in [0, 0.1) is 5.82 Å². The van der Waals surface area contributed by atoms with E-state index in [0.29, 0.717) is 31.6 Å². The number of aromatic nitrogens is 2. The Morgan fingerprint density at radius 1 is 1.17 bits per heavy atom. The number of allylic oxidation sites excluding steroid dienone is 1. The van der Waals surface area contributed by atoms with Crippen LogP contribution in [0.3, 0.4) is 0 Å². The third-order valence-corrected chi connectivity index (χ3v) is 7.31. The summed E-state index contributed by atoms with van der Waals surface area (Å²) < 4.78 is 26.2. The highest BCUT2D eigenvalue weighted by molar-refractivity contribution is 6.28. The average Bonchev–Trinajstić information content (AvgIpc) is 3.25. The molecule has 29 heavy (non-hydrogen) atoms. The van der Waals surface area contributed by atoms with Gasteiger partial charge in [-0.3, -0.25) is 4.79 Å². The van der Waals surface area contributed by atoms with Gasteiger partial charge in [0.15, 0.2) is 11.6 Å². The number of hydrogen-bond acceptors (Lipinski definition) is 5. The van der Waals surface area contributed by atoms with Gasteiger partial charge >= 0.3 is 0 Å². The first-order valence-corrected chi connectivity index (χ1v) is 10.4. The van der Waals surface area contributed by atoms with Crippen LogP contribution in [0.25, 0.3) is 5.57 Å². The van der Waals surface area contributed by atoms with Crippen molar-refractivity contribution in [3.63, 3.8) is 0 Å². The molecule has 0 radical (unpaired) electrons. The fourth-order valence-corrected chi connectivity index (χ4v) is 5.71. The molecule has 3 heterocycles. The van der Waals surface area contributed by atoms with Gasteiger partial charge in [-0.1, -0.05) is 0 Å². The van der Waals surface area contributed by atoms with Crippen molar-refractivity contribution in [2.24, 2.45) is 0 Å². The number of fused-ring (bicyclic) bond motifs is 1. The molecule has 5 rings (SSSR count). The standard InChI is InChI=1S/C21H23ClFN3O3/c1-12-13(17-15(23)11-24-19(22)25-17)3-4-14-16(12)18(27)26(2)20(14)5-7-21(8-6-20)28-9-10-29-21/h11H,3-10H2,1-2H3. The van der Waals surface area contributed by atoms with E-state index in [1.807, 2.05) is 18.9 Å². The van der Waals surface area contributed by atoms with E-state index in [9.17, 15) is 9.18 Å². The summed E-state index contributed by atoms with van der Waals surface area (Å²) in [5.74, 6) is -1.000. The molecule has 154 valence electrons. The summed E-state index contributed by atoms with van der Waals surface area (Å²) in [7, 11) is 1.88. The minimum absolute atomic E-state index is 0.000491. The van der Waals surface area contributed by atoms with Crippen LogP contribution in [0.5, 0.6) is 0 Å². The summed E-state index contributed by atoms with van der Waals surface area (Å²) in [4.78, 5) is 23.0. The Kier molecular flexibility index (Phi) is 4.35. The van der Waals surface area contributed by atoms with Crippen LogP contribution in [0.4, 0.5) is 4.39 Å². The molecule has 8 heteroatoms. The Morgan fingerprint density at radius 3 is 2.55 bits per heavy atom. The zero-order chi connectivity index (χ0) is 20.4. The van der Waals surface area contributed by atoms with Crippen LogP contribution >= 0.6 is 11.6 Å². The van der Waals surface area contributed by atoms with Gasteiger partial charge in [0.25, 0.3) is 5.91 Å². The van der Waals surface area contributed by atoms with Crippen molar-refractivity contribution in [1.29, 1.82) is 0 Å². The molecule has 4 aliphatic rings. The quantitative estimate of drug-likeness (QED) is 0.650. The van der Waals surface area contributed by atoms with Crippen LogP contribution in [0.15, 0.2) is 22.9 Å². The lowest BCUT2D eigenvalue weighted by atomic mass is 9.70. The topological polar surface area (TPSA) is 64.6 Å². The van der Waals surface area contributed by atoms with Crippen LogP contribution in [-0.2, 0) is 14.3 Å². The fourth-order valence-electron chi connectivity index (χ4n) is 5.58. The number of nitrogens with zero attached hydrogens (tertiary/aromatic N) is 3. The Labute approximate surface area is 173 Å². The summed E-state index contributed by atoms with van der Waals surface area (Å²) in [5, 5.41) is 0.00181. The number of likely N-dealkylation sites (N-methyl/N-ethyl adjacent to an activating group) is 1. The molecule has 1 saturated carbocycles. The van der Waals surface area contributed by atoms with Crippen LogP contribution in [0.1, 0.15) is 51.1 Å². The maximum Gasteiger partial charge on any atom is 0.254 e. The van der Waals surface area contributed by atoms with Gasteiger partial charge in [0.1, 0.15) is 5.69 Å². The van der Waals surface area contributed by atoms with E-state index in [4.69, 9.17) is 21.1 Å². The van der Waals surface area contributed by atoms with E-state index in [1.54, 1.807) is 0 Å². The highest BCUT2D eigenvalue weighted by Gasteiger charge is 2.55. The van der Waals surface area contributed by atoms with Crippen molar-refractivity contribution >= 4 is 23.1 Å². The van der Waals surface area contributed by atoms with Crippen LogP contribution in [0.2, 0.25) is 5.28 Å². The molecule has 2 aliphatic carbocycles. The Balaban J connectivity index is 1.55. The van der Waals surface area contributed by atoms with Crippen LogP contribution in [-0.4, -0.2) is 52.4 Å². The number of hydrogen-bond donors (Lipinski definition) is 0. The van der Waals surface area contributed by atoms with Gasteiger partial charge in [-0.2, -0.15) is 0 Å². The number of rotatable bonds is 1. The van der Waals surface area contributed by atoms with E-state index in [2.05, 4.69) is 9.97 Å². The Hall–Kier alpha value is -1.83. The predicted molar refractivity (Wildman–Crippen MR) is 104 cm³/mol. The van der Waals surface area contributed by atoms with Gasteiger partial charge in [0.2, 0.25) is 5.28 Å². The largest absolute Gasteiger partial charge is 0.348 e. The normalized spacial score (nSPS) is 25.5. The number of carbonyl (C=O) groups excluding carboxylic acids is 1. The second-order valence-electron chi connectivity index (χ2n) is 8.30. The Bertz CT molecular complexity index is 958. The fraction of sp³-hybridized carbons (Fsp3) is 0.571. The summed E-state index contributed by atoms with van der Waals surface area (Å²) in [5.41, 5.74) is 3.30. The second kappa shape index (κ2) is 6.59. The molecule has 0 bridgehead atoms. The SMILES string of the molecule is CC1=C(c2nc(Cl)ncc2F)CCC2=C1C(=O)N(C)C21CCC2(CC1)OCCO2. The molecule has 1 saturated heterocycles. The first-order chi connectivity index (χ1) is 13.9. The number of carbonyl (C=O) groups is 1. The second-order valence-corrected chi connectivity index (χ2v) is 8.63. The predicted octanol–water partition coefficient (Wildman–Crippen LogP) is 3.66. The van der Waals surface area contributed by atoms with Crippen LogP contribution < -0.4 is 0 Å². The summed E-state index contributed by atoms with van der Waals surface area (Å²) in [6.45, 7) is 3.15. The Morgan fingerprint density at radius 2 is 1.86 bits per heavy atom. The maximum atomic E-state index is 14.4. The molecule has 2 aliphatic heterocycles. The first kappa shape index (κ1) is 19.2. The lowest BCUT2D eigenvalue weighted by Gasteiger charge is -2.47. The maximum absolute atomic E-state index is 14.4. The zero-order valence-corrected chi connectivity index (χ0v) is 17.3. The molecule has 0 N–H and O–H groups in total. The zero-order valence-electron chi connectivity index (χ0n) is 16.6. The third-order valence-electron chi connectivity index (χ3n) is 7.13. The van der Waals surface area contributed by atoms with Crippen molar-refractivity contribution in [1.82, 2.24) is 14.9 Å². The van der Waals surface area contributed by atoms with Crippen molar-refractivity contribution in [3.05, 3.63) is 39.7 Å². The highest BCUT2D eigenvalue weighted by atomic mass is 35.5. The summed E-state index contributed by atoms with van der Waals surface area (Å²) in [6, 6.07) is 0. The van der Waals surface area contributed by atoms with Gasteiger partial charge in [-0.15, -0.1) is 0 Å². The lowest BCUT2D eigenvalue weighted by Crippen LogP contribution is -2.52. The van der Waals surface area contributed by atoms with Gasteiger partial charge in [-0.25, -0.2) is 14.4 Å². The first-order valence-electron chi connectivity index (χ1n) is 10.1. The molecular formula is C21H23ClFN3O3. The van der Waals surface area contributed by atoms with Crippen molar-refractivity contribution in [2.75, 3.05) is 20.3 Å². The van der Waals surface area contributed by atoms with Gasteiger partial charge in [0, 0.05) is 25.5 Å². The van der Waals surface area contributed by atoms with Crippen molar-refractivity contribution in [3.8, 4) is 0 Å². The molecule has 6 nitrogen and oxygen atoms in total. The van der Waals surface area contributed by atoms with E-state index in [-0.39, 0.29) is 22.4 Å². The third kappa shape index (κ3) is 2.71. The molecule has 1 amide bonds. The number of halogens is 2. The monoisotopic (exact) mass is 419 g/mol. The molecule has 1 aromatic rings. The minimum atomic E-state index is -0.517. The average molecular weight is 420 g/mol. The smallest absolute Gasteiger partial charge is 0.254 e. The van der Waals surface area contributed by atoms with E-state index >= 15 is 0 Å². The van der Waals surface area contributed by atoms with Gasteiger partial charge in [0.05, 0.1) is 24.9 Å². The molecule has 2 fully saturated rings. The minimum Gasteiger partial charge on any atom is -0.348 e. The number of ether oxygens (including phenoxy) is 2. The molecule has 2 spiro atoms. The van der Waals surface area contributed by atoms with E-state index < -0.39 is 11.6 Å². The molecule has 0 aromatic carbocycles. The lowest BCUT2D eigenvalue weighted by molar-refractivity contribution is -0.190. The van der Waals surface area contributed by atoms with E-state index in [0.717, 1.165) is 43.0 Å². The van der Waals surface area contributed by atoms with Gasteiger partial charge < -0.3 is 14.4 Å². The number of amides is 1. The molecule has 0 atom stereocenters. The molecule has 0 unspecified atom stereocenters. The summed E-state index contributed by atoms with van der Waals surface area (Å²) in [6.07, 6.45) is 5.57.